The van der Waals surface area contributed by atoms with Crippen molar-refractivity contribution in [1.29, 1.82) is 0 Å². The fourth-order valence-electron chi connectivity index (χ4n) is 2.09. The van der Waals surface area contributed by atoms with Gasteiger partial charge in [-0.3, -0.25) is 20.8 Å². The van der Waals surface area contributed by atoms with Gasteiger partial charge >= 0.3 is 0 Å². The van der Waals surface area contributed by atoms with Crippen molar-refractivity contribution in [1.82, 2.24) is 4.90 Å². The smallest absolute Gasteiger partial charge is 0.294 e. The number of benzene rings is 2. The molecule has 0 atom stereocenters. The number of nitrogens with one attached hydrogen (secondary N) is 1. The van der Waals surface area contributed by atoms with Crippen molar-refractivity contribution in [2.75, 3.05) is 12.5 Å². The van der Waals surface area contributed by atoms with E-state index in [1.54, 1.807) is 19.2 Å². The van der Waals surface area contributed by atoms with E-state index in [-0.39, 0.29) is 35.2 Å². The first kappa shape index (κ1) is 16.4. The fourth-order valence-corrected chi connectivity index (χ4v) is 2.09. The highest BCUT2D eigenvalue weighted by Crippen LogP contribution is 2.25. The van der Waals surface area contributed by atoms with E-state index in [2.05, 4.69) is 5.43 Å². The summed E-state index contributed by atoms with van der Waals surface area (Å²) in [5, 5.41) is 11.0. The van der Waals surface area contributed by atoms with Gasteiger partial charge < -0.3 is 10.3 Å². The molecule has 0 aromatic heterocycles. The first-order valence-electron chi connectivity index (χ1n) is 6.67. The molecule has 0 aliphatic carbocycles. The summed E-state index contributed by atoms with van der Waals surface area (Å²) in [5.41, 5.74) is 2.96. The Morgan fingerprint density at radius 1 is 1.30 bits per heavy atom. The molecule has 7 nitrogen and oxygen atoms in total. The SMILES string of the molecule is CN(Cc1ccc(F)cc1)C(=O)c1ccc(NN)c([N+](=O)[O-])c1. The lowest BCUT2D eigenvalue weighted by atomic mass is 10.1. The number of hydrogen-bond acceptors (Lipinski definition) is 5. The Morgan fingerprint density at radius 3 is 2.52 bits per heavy atom. The Hall–Kier alpha value is -3.00. The minimum Gasteiger partial charge on any atom is -0.337 e. The molecule has 0 saturated carbocycles. The Balaban J connectivity index is 2.20. The maximum absolute atomic E-state index is 12.9. The van der Waals surface area contributed by atoms with Gasteiger partial charge in [-0.2, -0.15) is 0 Å². The van der Waals surface area contributed by atoms with Gasteiger partial charge in [0.25, 0.3) is 11.6 Å². The van der Waals surface area contributed by atoms with E-state index in [4.69, 9.17) is 5.84 Å². The number of carbonyl (C=O) groups excluding carboxylic acids is 1. The molecule has 0 fully saturated rings. The van der Waals surface area contributed by atoms with Crippen molar-refractivity contribution < 1.29 is 14.1 Å². The highest BCUT2D eigenvalue weighted by molar-refractivity contribution is 5.95. The van der Waals surface area contributed by atoms with Crippen LogP contribution in [0.2, 0.25) is 0 Å². The predicted molar refractivity (Wildman–Crippen MR) is 83.1 cm³/mol. The van der Waals surface area contributed by atoms with Crippen LogP contribution in [0.3, 0.4) is 0 Å². The number of nitrogens with zero attached hydrogens (tertiary/aromatic N) is 2. The summed E-state index contributed by atoms with van der Waals surface area (Å²) >= 11 is 0. The molecule has 2 aromatic rings. The number of rotatable bonds is 5. The lowest BCUT2D eigenvalue weighted by Gasteiger charge is -2.17. The van der Waals surface area contributed by atoms with Crippen molar-refractivity contribution in [3.8, 4) is 0 Å². The van der Waals surface area contributed by atoms with Crippen LogP contribution < -0.4 is 11.3 Å². The zero-order chi connectivity index (χ0) is 17.0. The zero-order valence-corrected chi connectivity index (χ0v) is 12.3. The van der Waals surface area contributed by atoms with E-state index in [0.717, 1.165) is 5.56 Å². The average molecular weight is 318 g/mol. The first-order valence-corrected chi connectivity index (χ1v) is 6.67. The van der Waals surface area contributed by atoms with Crippen molar-refractivity contribution in [2.45, 2.75) is 6.54 Å². The predicted octanol–water partition coefficient (Wildman–Crippen LogP) is 2.29. The molecule has 1 amide bonds. The Morgan fingerprint density at radius 2 is 1.96 bits per heavy atom. The average Bonchev–Trinajstić information content (AvgIpc) is 2.55. The van der Waals surface area contributed by atoms with Crippen LogP contribution >= 0.6 is 0 Å². The number of nitro groups is 1. The lowest BCUT2D eigenvalue weighted by Crippen LogP contribution is -2.26. The molecule has 23 heavy (non-hydrogen) atoms. The number of amides is 1. The molecule has 0 radical (unpaired) electrons. The molecule has 3 N–H and O–H groups in total. The van der Waals surface area contributed by atoms with Gasteiger partial charge in [0.2, 0.25) is 0 Å². The molecule has 2 aromatic carbocycles. The molecule has 8 heteroatoms. The third-order valence-electron chi connectivity index (χ3n) is 3.28. The summed E-state index contributed by atoms with van der Waals surface area (Å²) in [7, 11) is 1.56. The molecular formula is C15H15FN4O3. The van der Waals surface area contributed by atoms with Gasteiger partial charge in [0.05, 0.1) is 4.92 Å². The Labute approximate surface area is 131 Å². The van der Waals surface area contributed by atoms with Gasteiger partial charge in [-0.1, -0.05) is 12.1 Å². The molecule has 0 saturated heterocycles. The van der Waals surface area contributed by atoms with Crippen LogP contribution in [0.4, 0.5) is 15.8 Å². The van der Waals surface area contributed by atoms with Crippen LogP contribution in [0.5, 0.6) is 0 Å². The number of anilines is 1. The molecule has 0 unspecified atom stereocenters. The van der Waals surface area contributed by atoms with E-state index >= 15 is 0 Å². The lowest BCUT2D eigenvalue weighted by molar-refractivity contribution is -0.384. The Kier molecular flexibility index (Phi) is 4.87. The largest absolute Gasteiger partial charge is 0.337 e. The molecule has 0 spiro atoms. The van der Waals surface area contributed by atoms with Gasteiger partial charge in [-0.05, 0) is 29.8 Å². The number of halogens is 1. The molecule has 0 aliphatic rings. The summed E-state index contributed by atoms with van der Waals surface area (Å²) in [4.78, 5) is 24.1. The minimum absolute atomic E-state index is 0.118. The number of carbonyl (C=O) groups is 1. The van der Waals surface area contributed by atoms with Gasteiger partial charge in [-0.25, -0.2) is 4.39 Å². The number of hydrazine groups is 1. The second-order valence-corrected chi connectivity index (χ2v) is 4.92. The maximum atomic E-state index is 12.9. The van der Waals surface area contributed by atoms with Crippen LogP contribution in [0, 0.1) is 15.9 Å². The Bertz CT molecular complexity index is 734. The second kappa shape index (κ2) is 6.84. The van der Waals surface area contributed by atoms with E-state index in [1.165, 1.54) is 35.2 Å². The number of nitro benzene ring substituents is 1. The number of nitrogens with two attached hydrogens (primary N) is 1. The molecule has 120 valence electrons. The van der Waals surface area contributed by atoms with Crippen LogP contribution in [0.15, 0.2) is 42.5 Å². The highest BCUT2D eigenvalue weighted by Gasteiger charge is 2.19. The monoisotopic (exact) mass is 318 g/mol. The standard InChI is InChI=1S/C15H15FN4O3/c1-19(9-10-2-5-12(16)6-3-10)15(21)11-4-7-13(18-17)14(8-11)20(22)23/h2-8,18H,9,17H2,1H3. The zero-order valence-electron chi connectivity index (χ0n) is 12.3. The normalized spacial score (nSPS) is 10.2. The third kappa shape index (κ3) is 3.80. The minimum atomic E-state index is -0.619. The summed E-state index contributed by atoms with van der Waals surface area (Å²) in [6.07, 6.45) is 0. The molecule has 0 aliphatic heterocycles. The molecule has 0 heterocycles. The highest BCUT2D eigenvalue weighted by atomic mass is 19.1. The van der Waals surface area contributed by atoms with Gasteiger partial charge in [0.1, 0.15) is 11.5 Å². The third-order valence-corrected chi connectivity index (χ3v) is 3.28. The fraction of sp³-hybridized carbons (Fsp3) is 0.133. The van der Waals surface area contributed by atoms with E-state index in [0.29, 0.717) is 0 Å². The molecular weight excluding hydrogens is 303 g/mol. The van der Waals surface area contributed by atoms with Crippen molar-refractivity contribution >= 4 is 17.3 Å². The van der Waals surface area contributed by atoms with E-state index < -0.39 is 4.92 Å². The van der Waals surface area contributed by atoms with E-state index in [9.17, 15) is 19.3 Å². The van der Waals surface area contributed by atoms with Crippen molar-refractivity contribution in [3.63, 3.8) is 0 Å². The molecule has 0 bridgehead atoms. The van der Waals surface area contributed by atoms with E-state index in [1.807, 2.05) is 0 Å². The first-order chi connectivity index (χ1) is 10.9. The summed E-state index contributed by atoms with van der Waals surface area (Å²) < 4.78 is 12.9. The van der Waals surface area contributed by atoms with Crippen LogP contribution in [-0.4, -0.2) is 22.8 Å². The summed E-state index contributed by atoms with van der Waals surface area (Å²) in [5.74, 6) is 4.46. The quantitative estimate of drug-likeness (QED) is 0.500. The number of nitrogen functional groups attached to an aromatic ring is 1. The van der Waals surface area contributed by atoms with Gasteiger partial charge in [0, 0.05) is 25.2 Å². The second-order valence-electron chi connectivity index (χ2n) is 4.92. The van der Waals surface area contributed by atoms with Crippen LogP contribution in [-0.2, 0) is 6.54 Å². The topological polar surface area (TPSA) is 102 Å². The maximum Gasteiger partial charge on any atom is 0.294 e. The molecule has 2 rings (SSSR count). The van der Waals surface area contributed by atoms with Crippen LogP contribution in [0.25, 0.3) is 0 Å². The van der Waals surface area contributed by atoms with Gasteiger partial charge in [-0.15, -0.1) is 0 Å². The van der Waals surface area contributed by atoms with Gasteiger partial charge in [0.15, 0.2) is 0 Å². The summed E-state index contributed by atoms with van der Waals surface area (Å²) in [6, 6.07) is 9.74. The van der Waals surface area contributed by atoms with Crippen molar-refractivity contribution in [2.24, 2.45) is 5.84 Å². The van der Waals surface area contributed by atoms with Crippen molar-refractivity contribution in [3.05, 3.63) is 69.5 Å². The summed E-state index contributed by atoms with van der Waals surface area (Å²) in [6.45, 7) is 0.254. The van der Waals surface area contributed by atoms with Crippen LogP contribution in [0.1, 0.15) is 15.9 Å². The number of hydrogen-bond donors (Lipinski definition) is 2.